The fraction of sp³-hybridized carbons (Fsp3) is 0.875. The second kappa shape index (κ2) is 7.59. The van der Waals surface area contributed by atoms with Crippen LogP contribution in [0.5, 0.6) is 0 Å². The maximum atomic E-state index is 12.4. The van der Waals surface area contributed by atoms with Gasteiger partial charge in [-0.15, -0.1) is 0 Å². The van der Waals surface area contributed by atoms with Crippen LogP contribution in [0.25, 0.3) is 0 Å². The first-order valence-corrected chi connectivity index (χ1v) is 8.59. The van der Waals surface area contributed by atoms with Crippen molar-refractivity contribution in [3.05, 3.63) is 0 Å². The second-order valence-corrected chi connectivity index (χ2v) is 6.63. The molecule has 2 amide bonds. The molecule has 3 heterocycles. The molecule has 23 heavy (non-hydrogen) atoms. The highest BCUT2D eigenvalue weighted by Crippen LogP contribution is 2.23. The molecule has 2 atom stereocenters. The Labute approximate surface area is 137 Å². The average molecular weight is 325 g/mol. The fourth-order valence-corrected chi connectivity index (χ4v) is 3.79. The standard InChI is InChI=1S/C16H27N3O4/c1-22-8-7-19-13-9-17(10-14(13)23-12-16(19)21)11-15(20)18-5-3-2-4-6-18/h13-14H,2-12H2,1H3/t13-,14-/m0/s1. The van der Waals surface area contributed by atoms with E-state index in [1.165, 1.54) is 6.42 Å². The molecule has 3 saturated heterocycles. The number of likely N-dealkylation sites (tertiary alicyclic amines) is 2. The number of carbonyl (C=O) groups is 2. The van der Waals surface area contributed by atoms with Crippen molar-refractivity contribution in [2.75, 3.05) is 59.6 Å². The van der Waals surface area contributed by atoms with Crippen LogP contribution in [0.1, 0.15) is 19.3 Å². The number of hydrogen-bond acceptors (Lipinski definition) is 5. The van der Waals surface area contributed by atoms with Crippen molar-refractivity contribution in [2.24, 2.45) is 0 Å². The summed E-state index contributed by atoms with van der Waals surface area (Å²) in [5.41, 5.74) is 0. The molecular formula is C16H27N3O4. The van der Waals surface area contributed by atoms with Gasteiger partial charge in [-0.3, -0.25) is 14.5 Å². The van der Waals surface area contributed by atoms with Crippen molar-refractivity contribution in [2.45, 2.75) is 31.4 Å². The van der Waals surface area contributed by atoms with Crippen LogP contribution in [0, 0.1) is 0 Å². The molecule has 7 heteroatoms. The summed E-state index contributed by atoms with van der Waals surface area (Å²) in [7, 11) is 1.64. The van der Waals surface area contributed by atoms with Crippen molar-refractivity contribution in [3.63, 3.8) is 0 Å². The van der Waals surface area contributed by atoms with Crippen LogP contribution in [0.3, 0.4) is 0 Å². The first kappa shape index (κ1) is 16.7. The van der Waals surface area contributed by atoms with Crippen molar-refractivity contribution in [3.8, 4) is 0 Å². The molecule has 0 aromatic rings. The lowest BCUT2D eigenvalue weighted by Crippen LogP contribution is -2.54. The molecule has 0 bridgehead atoms. The van der Waals surface area contributed by atoms with Crippen molar-refractivity contribution >= 4 is 11.8 Å². The molecule has 0 saturated carbocycles. The van der Waals surface area contributed by atoms with Gasteiger partial charge in [0.25, 0.3) is 0 Å². The molecule has 3 aliphatic heterocycles. The third-order valence-electron chi connectivity index (χ3n) is 5.06. The lowest BCUT2D eigenvalue weighted by Gasteiger charge is -2.36. The van der Waals surface area contributed by atoms with Gasteiger partial charge in [-0.1, -0.05) is 0 Å². The summed E-state index contributed by atoms with van der Waals surface area (Å²) >= 11 is 0. The molecule has 0 N–H and O–H groups in total. The normalized spacial score (nSPS) is 29.0. The minimum atomic E-state index is 0.0127. The highest BCUT2D eigenvalue weighted by molar-refractivity contribution is 5.79. The molecule has 3 fully saturated rings. The van der Waals surface area contributed by atoms with E-state index in [0.29, 0.717) is 26.2 Å². The summed E-state index contributed by atoms with van der Waals surface area (Å²) in [6, 6.07) is 0.0422. The number of morpholine rings is 1. The van der Waals surface area contributed by atoms with Crippen LogP contribution < -0.4 is 0 Å². The van der Waals surface area contributed by atoms with E-state index >= 15 is 0 Å². The minimum absolute atomic E-state index is 0.0127. The summed E-state index contributed by atoms with van der Waals surface area (Å²) in [6.07, 6.45) is 3.46. The molecule has 0 radical (unpaired) electrons. The van der Waals surface area contributed by atoms with Gasteiger partial charge in [-0.05, 0) is 19.3 Å². The van der Waals surface area contributed by atoms with Gasteiger partial charge in [0.05, 0.1) is 25.3 Å². The molecular weight excluding hydrogens is 298 g/mol. The van der Waals surface area contributed by atoms with Gasteiger partial charge in [0.1, 0.15) is 6.61 Å². The predicted octanol–water partition coefficient (Wildman–Crippen LogP) is -0.443. The molecule has 130 valence electrons. The minimum Gasteiger partial charge on any atom is -0.383 e. The number of nitrogens with zero attached hydrogens (tertiary/aromatic N) is 3. The van der Waals surface area contributed by atoms with E-state index in [-0.39, 0.29) is 30.6 Å². The van der Waals surface area contributed by atoms with E-state index in [9.17, 15) is 9.59 Å². The Morgan fingerprint density at radius 3 is 2.78 bits per heavy atom. The number of carbonyl (C=O) groups excluding carboxylic acids is 2. The third-order valence-corrected chi connectivity index (χ3v) is 5.06. The Hall–Kier alpha value is -1.18. The highest BCUT2D eigenvalue weighted by Gasteiger charge is 2.43. The van der Waals surface area contributed by atoms with Gasteiger partial charge in [0, 0.05) is 39.8 Å². The number of ether oxygens (including phenoxy) is 2. The molecule has 0 spiro atoms. The average Bonchev–Trinajstić information content (AvgIpc) is 2.97. The maximum absolute atomic E-state index is 12.4. The molecule has 0 aromatic heterocycles. The SMILES string of the molecule is COCCN1C(=O)CO[C@H]2CN(CC(=O)N3CCCCC3)C[C@@H]21. The largest absolute Gasteiger partial charge is 0.383 e. The van der Waals surface area contributed by atoms with Crippen molar-refractivity contribution in [1.82, 2.24) is 14.7 Å². The van der Waals surface area contributed by atoms with E-state index in [1.54, 1.807) is 7.11 Å². The number of hydrogen-bond donors (Lipinski definition) is 0. The second-order valence-electron chi connectivity index (χ2n) is 6.63. The summed E-state index contributed by atoms with van der Waals surface area (Å²) in [6.45, 7) is 4.89. The topological polar surface area (TPSA) is 62.3 Å². The van der Waals surface area contributed by atoms with Crippen LogP contribution in [-0.2, 0) is 19.1 Å². The first-order chi connectivity index (χ1) is 11.2. The van der Waals surface area contributed by atoms with E-state index in [4.69, 9.17) is 9.47 Å². The smallest absolute Gasteiger partial charge is 0.249 e. The Morgan fingerprint density at radius 1 is 1.26 bits per heavy atom. The number of rotatable bonds is 5. The molecule has 3 aliphatic rings. The zero-order valence-electron chi connectivity index (χ0n) is 13.9. The van der Waals surface area contributed by atoms with Gasteiger partial charge in [0.15, 0.2) is 0 Å². The summed E-state index contributed by atoms with van der Waals surface area (Å²) < 4.78 is 10.8. The monoisotopic (exact) mass is 325 g/mol. The van der Waals surface area contributed by atoms with Crippen LogP contribution in [0.4, 0.5) is 0 Å². The van der Waals surface area contributed by atoms with Crippen LogP contribution >= 0.6 is 0 Å². The van der Waals surface area contributed by atoms with Gasteiger partial charge >= 0.3 is 0 Å². The summed E-state index contributed by atoms with van der Waals surface area (Å²) in [5, 5.41) is 0. The van der Waals surface area contributed by atoms with Crippen LogP contribution in [-0.4, -0.2) is 98.3 Å². The molecule has 7 nitrogen and oxygen atoms in total. The van der Waals surface area contributed by atoms with Gasteiger partial charge in [-0.2, -0.15) is 0 Å². The predicted molar refractivity (Wildman–Crippen MR) is 84.0 cm³/mol. The Bertz CT molecular complexity index is 439. The zero-order valence-corrected chi connectivity index (χ0v) is 13.9. The quantitative estimate of drug-likeness (QED) is 0.686. The van der Waals surface area contributed by atoms with E-state index in [0.717, 1.165) is 32.5 Å². The summed E-state index contributed by atoms with van der Waals surface area (Å²) in [5.74, 6) is 0.227. The molecule has 3 rings (SSSR count). The highest BCUT2D eigenvalue weighted by atomic mass is 16.5. The van der Waals surface area contributed by atoms with Crippen LogP contribution in [0.2, 0.25) is 0 Å². The summed E-state index contributed by atoms with van der Waals surface area (Å²) in [4.78, 5) is 30.5. The van der Waals surface area contributed by atoms with E-state index < -0.39 is 0 Å². The van der Waals surface area contributed by atoms with Crippen LogP contribution in [0.15, 0.2) is 0 Å². The first-order valence-electron chi connectivity index (χ1n) is 8.59. The van der Waals surface area contributed by atoms with E-state index in [2.05, 4.69) is 4.90 Å². The molecule has 0 aromatic carbocycles. The molecule has 0 unspecified atom stereocenters. The fourth-order valence-electron chi connectivity index (χ4n) is 3.79. The van der Waals surface area contributed by atoms with Gasteiger partial charge < -0.3 is 19.3 Å². The van der Waals surface area contributed by atoms with Crippen molar-refractivity contribution in [1.29, 1.82) is 0 Å². The van der Waals surface area contributed by atoms with E-state index in [1.807, 2.05) is 9.80 Å². The third kappa shape index (κ3) is 3.84. The van der Waals surface area contributed by atoms with Gasteiger partial charge in [-0.25, -0.2) is 0 Å². The Morgan fingerprint density at radius 2 is 2.04 bits per heavy atom. The molecule has 0 aliphatic carbocycles. The number of methoxy groups -OCH3 is 1. The van der Waals surface area contributed by atoms with Gasteiger partial charge in [0.2, 0.25) is 11.8 Å². The number of amides is 2. The Balaban J connectivity index is 1.55. The van der Waals surface area contributed by atoms with Crippen molar-refractivity contribution < 1.29 is 19.1 Å². The maximum Gasteiger partial charge on any atom is 0.249 e. The number of fused-ring (bicyclic) bond motifs is 1. The zero-order chi connectivity index (χ0) is 16.2. The number of piperidine rings is 1. The Kier molecular flexibility index (Phi) is 5.50. The lowest BCUT2D eigenvalue weighted by molar-refractivity contribution is -0.153. The lowest BCUT2D eigenvalue weighted by atomic mass is 10.1.